The second kappa shape index (κ2) is 13.7. The van der Waals surface area contributed by atoms with E-state index in [1.54, 1.807) is 0 Å². The van der Waals surface area contributed by atoms with Crippen molar-refractivity contribution in [1.29, 1.82) is 0 Å². The lowest BCUT2D eigenvalue weighted by Gasteiger charge is -2.31. The van der Waals surface area contributed by atoms with Crippen LogP contribution in [0.1, 0.15) is 25.0 Å². The number of para-hydroxylation sites is 1. The lowest BCUT2D eigenvalue weighted by molar-refractivity contribution is 0.660. The normalized spacial score (nSPS) is 12.6. The number of nitrogens with zero attached hydrogens (tertiary/aromatic N) is 1. The Bertz CT molecular complexity index is 2880. The Labute approximate surface area is 329 Å². The van der Waals surface area contributed by atoms with Crippen LogP contribution in [0.4, 0.5) is 17.1 Å². The van der Waals surface area contributed by atoms with E-state index in [4.69, 9.17) is 0 Å². The molecule has 0 unspecified atom stereocenters. The molecule has 0 bridgehead atoms. The van der Waals surface area contributed by atoms with Crippen LogP contribution in [0.25, 0.3) is 66.4 Å². The summed E-state index contributed by atoms with van der Waals surface area (Å²) in [5, 5.41) is 2.52. The molecule has 1 heteroatoms. The van der Waals surface area contributed by atoms with E-state index in [1.807, 2.05) is 0 Å². The van der Waals surface area contributed by atoms with Crippen LogP contribution in [-0.2, 0) is 5.41 Å². The van der Waals surface area contributed by atoms with Crippen LogP contribution in [0.3, 0.4) is 0 Å². The number of benzene rings is 9. The Morgan fingerprint density at radius 1 is 0.339 bits per heavy atom. The fourth-order valence-corrected chi connectivity index (χ4v) is 8.88. The van der Waals surface area contributed by atoms with Crippen LogP contribution in [0.15, 0.2) is 212 Å². The molecule has 0 aromatic heterocycles. The first-order valence-electron chi connectivity index (χ1n) is 19.5. The van der Waals surface area contributed by atoms with Gasteiger partial charge in [0.05, 0.1) is 11.4 Å². The molecule has 0 radical (unpaired) electrons. The Balaban J connectivity index is 1.15. The van der Waals surface area contributed by atoms with Gasteiger partial charge in [0.2, 0.25) is 0 Å². The molecule has 1 aliphatic rings. The number of rotatable bonds is 7. The van der Waals surface area contributed by atoms with Gasteiger partial charge in [0.1, 0.15) is 0 Å². The molecule has 0 saturated carbocycles. The summed E-state index contributed by atoms with van der Waals surface area (Å²) in [6.07, 6.45) is 0. The van der Waals surface area contributed by atoms with Crippen molar-refractivity contribution >= 4 is 27.8 Å². The minimum absolute atomic E-state index is 0.121. The molecule has 266 valence electrons. The van der Waals surface area contributed by atoms with Crippen LogP contribution in [-0.4, -0.2) is 0 Å². The molecule has 0 spiro atoms. The Morgan fingerprint density at radius 3 is 1.68 bits per heavy atom. The van der Waals surface area contributed by atoms with Gasteiger partial charge in [0.25, 0.3) is 0 Å². The molecule has 0 fully saturated rings. The van der Waals surface area contributed by atoms with Crippen LogP contribution in [0.5, 0.6) is 0 Å². The molecule has 1 nitrogen and oxygen atoms in total. The van der Waals surface area contributed by atoms with E-state index >= 15 is 0 Å². The number of hydrogen-bond donors (Lipinski definition) is 0. The van der Waals surface area contributed by atoms with E-state index < -0.39 is 0 Å². The molecule has 9 aromatic rings. The SMILES string of the molecule is CC1(C)c2ccccc2-c2c(N(c3cccc(-c4cccc(-c5ccccc5)c4)c3)c3ccccc3-c3ccc(-c4cccc5ccccc45)cc3)cccc21. The Hall–Kier alpha value is -6.96. The number of fused-ring (bicyclic) bond motifs is 4. The highest BCUT2D eigenvalue weighted by molar-refractivity contribution is 5.99. The monoisotopic (exact) mass is 715 g/mol. The first kappa shape index (κ1) is 33.6. The van der Waals surface area contributed by atoms with Crippen LogP contribution >= 0.6 is 0 Å². The van der Waals surface area contributed by atoms with E-state index in [2.05, 4.69) is 231 Å². The molecule has 56 heavy (non-hydrogen) atoms. The second-order valence-electron chi connectivity index (χ2n) is 15.3. The zero-order valence-corrected chi connectivity index (χ0v) is 31.7. The van der Waals surface area contributed by atoms with Gasteiger partial charge in [0, 0.05) is 22.2 Å². The van der Waals surface area contributed by atoms with Crippen molar-refractivity contribution in [3.8, 4) is 55.6 Å². The van der Waals surface area contributed by atoms with Crippen molar-refractivity contribution in [1.82, 2.24) is 0 Å². The van der Waals surface area contributed by atoms with Gasteiger partial charge >= 0.3 is 0 Å². The Morgan fingerprint density at radius 2 is 0.857 bits per heavy atom. The minimum Gasteiger partial charge on any atom is -0.309 e. The summed E-state index contributed by atoms with van der Waals surface area (Å²) in [5.41, 5.74) is 18.2. The minimum atomic E-state index is -0.121. The van der Waals surface area contributed by atoms with E-state index in [9.17, 15) is 0 Å². The summed E-state index contributed by atoms with van der Waals surface area (Å²) in [6.45, 7) is 4.72. The quantitative estimate of drug-likeness (QED) is 0.159. The van der Waals surface area contributed by atoms with Crippen molar-refractivity contribution in [3.63, 3.8) is 0 Å². The second-order valence-corrected chi connectivity index (χ2v) is 15.3. The van der Waals surface area contributed by atoms with Crippen LogP contribution < -0.4 is 4.90 Å². The van der Waals surface area contributed by atoms with Crippen molar-refractivity contribution in [2.45, 2.75) is 19.3 Å². The zero-order chi connectivity index (χ0) is 37.6. The largest absolute Gasteiger partial charge is 0.309 e. The van der Waals surface area contributed by atoms with Gasteiger partial charge in [-0.15, -0.1) is 0 Å². The molecular formula is C55H41N. The molecule has 0 aliphatic heterocycles. The average molecular weight is 716 g/mol. The molecule has 0 amide bonds. The molecule has 0 saturated heterocycles. The predicted molar refractivity (Wildman–Crippen MR) is 238 cm³/mol. The highest BCUT2D eigenvalue weighted by Crippen LogP contribution is 2.55. The van der Waals surface area contributed by atoms with E-state index in [1.165, 1.54) is 83.2 Å². The molecule has 0 heterocycles. The standard InChI is InChI=1S/C55H41N/c1-55(2)50-28-10-8-26-49(50)54-51(55)29-15-31-53(54)56(45-23-13-22-44(37-45)43-21-12-20-42(36-43)38-16-4-3-5-17-38)52-30-11-9-25-48(52)41-34-32-40(33-35-41)47-27-14-19-39-18-6-7-24-46(39)47/h3-37H,1-2H3. The average Bonchev–Trinajstić information content (AvgIpc) is 3.50. The summed E-state index contributed by atoms with van der Waals surface area (Å²) in [4.78, 5) is 2.50. The van der Waals surface area contributed by atoms with Gasteiger partial charge in [-0.2, -0.15) is 0 Å². The fraction of sp³-hybridized carbons (Fsp3) is 0.0545. The van der Waals surface area contributed by atoms with Crippen molar-refractivity contribution in [2.75, 3.05) is 4.90 Å². The lowest BCUT2D eigenvalue weighted by atomic mass is 9.82. The van der Waals surface area contributed by atoms with Crippen molar-refractivity contribution < 1.29 is 0 Å². The first-order chi connectivity index (χ1) is 27.5. The van der Waals surface area contributed by atoms with Gasteiger partial charge in [0.15, 0.2) is 0 Å². The number of hydrogen-bond acceptors (Lipinski definition) is 1. The maximum absolute atomic E-state index is 2.50. The molecule has 0 atom stereocenters. The first-order valence-corrected chi connectivity index (χ1v) is 19.5. The topological polar surface area (TPSA) is 3.24 Å². The summed E-state index contributed by atoms with van der Waals surface area (Å²) in [6, 6.07) is 77.6. The molecule has 0 N–H and O–H groups in total. The third kappa shape index (κ3) is 5.72. The smallest absolute Gasteiger partial charge is 0.0543 e. The fourth-order valence-electron chi connectivity index (χ4n) is 8.88. The van der Waals surface area contributed by atoms with Gasteiger partial charge in [-0.25, -0.2) is 0 Å². The third-order valence-electron chi connectivity index (χ3n) is 11.7. The van der Waals surface area contributed by atoms with E-state index in [0.717, 1.165) is 11.4 Å². The van der Waals surface area contributed by atoms with Gasteiger partial charge in [-0.3, -0.25) is 0 Å². The molecule has 1 aliphatic carbocycles. The summed E-state index contributed by atoms with van der Waals surface area (Å²) < 4.78 is 0. The Kier molecular flexibility index (Phi) is 8.23. The van der Waals surface area contributed by atoms with Gasteiger partial charge in [-0.1, -0.05) is 196 Å². The van der Waals surface area contributed by atoms with Crippen LogP contribution in [0.2, 0.25) is 0 Å². The maximum Gasteiger partial charge on any atom is 0.0543 e. The van der Waals surface area contributed by atoms with Crippen LogP contribution in [0, 0.1) is 0 Å². The van der Waals surface area contributed by atoms with Gasteiger partial charge in [-0.05, 0) is 96.7 Å². The summed E-state index contributed by atoms with van der Waals surface area (Å²) >= 11 is 0. The summed E-state index contributed by atoms with van der Waals surface area (Å²) in [7, 11) is 0. The van der Waals surface area contributed by atoms with Crippen molar-refractivity contribution in [3.05, 3.63) is 223 Å². The summed E-state index contributed by atoms with van der Waals surface area (Å²) in [5.74, 6) is 0. The third-order valence-corrected chi connectivity index (χ3v) is 11.7. The highest BCUT2D eigenvalue weighted by Gasteiger charge is 2.38. The van der Waals surface area contributed by atoms with E-state index in [0.29, 0.717) is 0 Å². The van der Waals surface area contributed by atoms with Gasteiger partial charge < -0.3 is 4.90 Å². The molecular weight excluding hydrogens is 675 g/mol. The van der Waals surface area contributed by atoms with Crippen molar-refractivity contribution in [2.24, 2.45) is 0 Å². The molecule has 9 aromatic carbocycles. The zero-order valence-electron chi connectivity index (χ0n) is 31.7. The predicted octanol–water partition coefficient (Wildman–Crippen LogP) is 15.3. The number of anilines is 3. The molecule has 10 rings (SSSR count). The maximum atomic E-state index is 2.50. The highest BCUT2D eigenvalue weighted by atomic mass is 15.1. The lowest BCUT2D eigenvalue weighted by Crippen LogP contribution is -2.16. The van der Waals surface area contributed by atoms with E-state index in [-0.39, 0.29) is 5.41 Å².